The SMILES string of the molecule is CCc1ccc(C[C@@H](C(=O)Nc2ccccc2OC)c2nnn[n-]2)cc1. The second kappa shape index (κ2) is 8.24. The minimum absolute atomic E-state index is 0.233. The average Bonchev–Trinajstić information content (AvgIpc) is 3.21. The van der Waals surface area contributed by atoms with E-state index in [2.05, 4.69) is 45.0 Å². The Bertz CT molecular complexity index is 847. The molecule has 26 heavy (non-hydrogen) atoms. The zero-order valence-corrected chi connectivity index (χ0v) is 14.7. The van der Waals surface area contributed by atoms with Crippen LogP contribution in [0, 0.1) is 0 Å². The number of carbonyl (C=O) groups excluding carboxylic acids is 1. The van der Waals surface area contributed by atoms with E-state index in [1.54, 1.807) is 19.2 Å². The van der Waals surface area contributed by atoms with E-state index in [9.17, 15) is 4.79 Å². The summed E-state index contributed by atoms with van der Waals surface area (Å²) >= 11 is 0. The molecule has 0 radical (unpaired) electrons. The maximum Gasteiger partial charge on any atom is 0.232 e. The predicted molar refractivity (Wildman–Crippen MR) is 97.0 cm³/mol. The van der Waals surface area contributed by atoms with Crippen LogP contribution in [-0.4, -0.2) is 28.5 Å². The van der Waals surface area contributed by atoms with Crippen molar-refractivity contribution in [3.8, 4) is 5.75 Å². The van der Waals surface area contributed by atoms with E-state index in [0.717, 1.165) is 12.0 Å². The van der Waals surface area contributed by atoms with Gasteiger partial charge >= 0.3 is 0 Å². The molecule has 0 saturated heterocycles. The number of ether oxygens (including phenoxy) is 1. The van der Waals surface area contributed by atoms with Crippen LogP contribution in [0.15, 0.2) is 48.5 Å². The lowest BCUT2D eigenvalue weighted by Gasteiger charge is -2.18. The van der Waals surface area contributed by atoms with Gasteiger partial charge in [-0.15, -0.1) is 0 Å². The number of carbonyl (C=O) groups is 1. The molecular formula is C19H20N5O2-. The molecule has 0 unspecified atom stereocenters. The van der Waals surface area contributed by atoms with Crippen molar-refractivity contribution in [2.24, 2.45) is 0 Å². The minimum Gasteiger partial charge on any atom is -0.495 e. The van der Waals surface area contributed by atoms with Gasteiger partial charge < -0.3 is 15.2 Å². The van der Waals surface area contributed by atoms with E-state index in [0.29, 0.717) is 23.7 Å². The fourth-order valence-corrected chi connectivity index (χ4v) is 2.71. The van der Waals surface area contributed by atoms with Gasteiger partial charge in [-0.25, -0.2) is 0 Å². The molecule has 2 aromatic carbocycles. The van der Waals surface area contributed by atoms with Crippen LogP contribution < -0.4 is 15.2 Å². The number of amides is 1. The van der Waals surface area contributed by atoms with Gasteiger partial charge in [-0.3, -0.25) is 15.1 Å². The van der Waals surface area contributed by atoms with E-state index in [-0.39, 0.29) is 5.91 Å². The number of aryl methyl sites for hydroxylation is 1. The smallest absolute Gasteiger partial charge is 0.232 e. The molecule has 1 amide bonds. The number of tetrazole rings is 1. The summed E-state index contributed by atoms with van der Waals surface area (Å²) in [5.74, 6) is 0.0646. The van der Waals surface area contributed by atoms with Gasteiger partial charge in [0.25, 0.3) is 0 Å². The number of nitrogens with zero attached hydrogens (tertiary/aromatic N) is 4. The lowest BCUT2D eigenvalue weighted by atomic mass is 9.96. The molecule has 1 atom stereocenters. The Morgan fingerprint density at radius 3 is 2.54 bits per heavy atom. The summed E-state index contributed by atoms with van der Waals surface area (Å²) in [5, 5.41) is 17.7. The van der Waals surface area contributed by atoms with Crippen molar-refractivity contribution in [2.75, 3.05) is 12.4 Å². The van der Waals surface area contributed by atoms with Gasteiger partial charge in [-0.1, -0.05) is 43.3 Å². The van der Waals surface area contributed by atoms with Gasteiger partial charge in [-0.2, -0.15) is 5.21 Å². The van der Waals surface area contributed by atoms with E-state index in [4.69, 9.17) is 4.74 Å². The Morgan fingerprint density at radius 1 is 1.15 bits per heavy atom. The summed E-state index contributed by atoms with van der Waals surface area (Å²) in [7, 11) is 1.56. The molecule has 0 aliphatic rings. The van der Waals surface area contributed by atoms with Crippen LogP contribution in [0.5, 0.6) is 5.75 Å². The highest BCUT2D eigenvalue weighted by atomic mass is 16.5. The van der Waals surface area contributed by atoms with Crippen LogP contribution >= 0.6 is 0 Å². The number of rotatable bonds is 7. The largest absolute Gasteiger partial charge is 0.495 e. The second-order valence-electron chi connectivity index (χ2n) is 5.85. The van der Waals surface area contributed by atoms with Crippen molar-refractivity contribution in [2.45, 2.75) is 25.7 Å². The highest BCUT2D eigenvalue weighted by Gasteiger charge is 2.22. The molecule has 7 heteroatoms. The Hall–Kier alpha value is -3.22. The molecule has 0 aliphatic heterocycles. The number of anilines is 1. The summed E-state index contributed by atoms with van der Waals surface area (Å²) in [6, 6.07) is 15.4. The molecule has 0 saturated carbocycles. The lowest BCUT2D eigenvalue weighted by Crippen LogP contribution is -2.24. The molecule has 0 fully saturated rings. The Kier molecular flexibility index (Phi) is 5.58. The molecule has 3 aromatic rings. The monoisotopic (exact) mass is 350 g/mol. The van der Waals surface area contributed by atoms with Crippen molar-refractivity contribution in [3.63, 3.8) is 0 Å². The first kappa shape index (κ1) is 17.6. The summed E-state index contributed by atoms with van der Waals surface area (Å²) in [4.78, 5) is 12.9. The average molecular weight is 350 g/mol. The zero-order chi connectivity index (χ0) is 18.4. The normalized spacial score (nSPS) is 11.8. The van der Waals surface area contributed by atoms with Gasteiger partial charge in [-0.05, 0) is 36.1 Å². The standard InChI is InChI=1S/C19H21N5O2/c1-3-13-8-10-14(11-9-13)12-15(18-21-23-24-22-18)19(25)20-16-6-4-5-7-17(16)26-2/h4-11,15H,3,12H2,1-2H3,(H2,20,21,22,23,24,25)/p-1/t15-/m1/s1. The van der Waals surface area contributed by atoms with Crippen molar-refractivity contribution in [3.05, 3.63) is 65.5 Å². The van der Waals surface area contributed by atoms with Crippen LogP contribution in [0.2, 0.25) is 0 Å². The lowest BCUT2D eigenvalue weighted by molar-refractivity contribution is -0.117. The van der Waals surface area contributed by atoms with Gasteiger partial charge in [0, 0.05) is 5.82 Å². The number of hydrogen-bond donors (Lipinski definition) is 1. The number of para-hydroxylation sites is 2. The number of hydrogen-bond acceptors (Lipinski definition) is 5. The molecular weight excluding hydrogens is 330 g/mol. The van der Waals surface area contributed by atoms with Crippen LogP contribution in [0.1, 0.15) is 29.8 Å². The first-order valence-corrected chi connectivity index (χ1v) is 8.41. The Labute approximate surface area is 151 Å². The van der Waals surface area contributed by atoms with Gasteiger partial charge in [0.15, 0.2) is 0 Å². The number of benzene rings is 2. The minimum atomic E-state index is -0.595. The van der Waals surface area contributed by atoms with Crippen LogP contribution in [0.4, 0.5) is 5.69 Å². The van der Waals surface area contributed by atoms with Crippen molar-refractivity contribution in [1.82, 2.24) is 20.6 Å². The Balaban J connectivity index is 1.82. The molecule has 7 nitrogen and oxygen atoms in total. The molecule has 3 rings (SSSR count). The number of methoxy groups -OCH3 is 1. The van der Waals surface area contributed by atoms with Crippen molar-refractivity contribution >= 4 is 11.6 Å². The topological polar surface area (TPSA) is 91.1 Å². The molecule has 1 aromatic heterocycles. The quantitative estimate of drug-likeness (QED) is 0.703. The van der Waals surface area contributed by atoms with Crippen molar-refractivity contribution < 1.29 is 9.53 Å². The molecule has 0 spiro atoms. The molecule has 0 bridgehead atoms. The third-order valence-corrected chi connectivity index (χ3v) is 4.20. The molecule has 1 N–H and O–H groups in total. The first-order chi connectivity index (χ1) is 12.7. The van der Waals surface area contributed by atoms with E-state index in [1.807, 2.05) is 24.3 Å². The van der Waals surface area contributed by atoms with Crippen LogP contribution in [0.25, 0.3) is 0 Å². The summed E-state index contributed by atoms with van der Waals surface area (Å²) < 4.78 is 5.29. The van der Waals surface area contributed by atoms with E-state index >= 15 is 0 Å². The van der Waals surface area contributed by atoms with Crippen LogP contribution in [0.3, 0.4) is 0 Å². The molecule has 0 aliphatic carbocycles. The highest BCUT2D eigenvalue weighted by molar-refractivity contribution is 5.96. The van der Waals surface area contributed by atoms with Crippen LogP contribution in [-0.2, 0) is 17.6 Å². The fourth-order valence-electron chi connectivity index (χ4n) is 2.71. The predicted octanol–water partition coefficient (Wildman–Crippen LogP) is 2.36. The second-order valence-corrected chi connectivity index (χ2v) is 5.85. The first-order valence-electron chi connectivity index (χ1n) is 8.41. The fraction of sp³-hybridized carbons (Fsp3) is 0.263. The third kappa shape index (κ3) is 4.05. The highest BCUT2D eigenvalue weighted by Crippen LogP contribution is 2.26. The van der Waals surface area contributed by atoms with Gasteiger partial charge in [0.05, 0.1) is 18.7 Å². The van der Waals surface area contributed by atoms with E-state index in [1.165, 1.54) is 5.56 Å². The van der Waals surface area contributed by atoms with Gasteiger partial charge in [0.1, 0.15) is 5.75 Å². The maximum atomic E-state index is 12.9. The summed E-state index contributed by atoms with van der Waals surface area (Å²) in [6.07, 6.45) is 1.43. The third-order valence-electron chi connectivity index (χ3n) is 4.20. The number of nitrogens with one attached hydrogen (secondary N) is 1. The number of aromatic nitrogens is 4. The summed E-state index contributed by atoms with van der Waals surface area (Å²) in [5.41, 5.74) is 2.86. The van der Waals surface area contributed by atoms with E-state index < -0.39 is 5.92 Å². The van der Waals surface area contributed by atoms with Gasteiger partial charge in [0.2, 0.25) is 5.91 Å². The maximum absolute atomic E-state index is 12.9. The molecule has 134 valence electrons. The summed E-state index contributed by atoms with van der Waals surface area (Å²) in [6.45, 7) is 2.10. The zero-order valence-electron chi connectivity index (χ0n) is 14.7. The van der Waals surface area contributed by atoms with Crippen molar-refractivity contribution in [1.29, 1.82) is 0 Å². The molecule has 1 heterocycles. The Morgan fingerprint density at radius 2 is 1.88 bits per heavy atom.